The van der Waals surface area contributed by atoms with Gasteiger partial charge in [-0.1, -0.05) is 39.0 Å². The molecule has 0 bridgehead atoms. The van der Waals surface area contributed by atoms with Gasteiger partial charge >= 0.3 is 136 Å². The number of benzene rings is 1. The fourth-order valence-corrected chi connectivity index (χ4v) is 5.15. The average molecular weight is 438 g/mol. The molecule has 1 aromatic carbocycles. The maximum atomic E-state index is 12.0. The van der Waals surface area contributed by atoms with Crippen molar-refractivity contribution in [2.45, 2.75) is 115 Å². The second-order valence-electron chi connectivity index (χ2n) is 7.85. The zero-order valence-corrected chi connectivity index (χ0v) is 19.4. The molecule has 0 amide bonds. The van der Waals surface area contributed by atoms with Crippen LogP contribution in [0.3, 0.4) is 0 Å². The van der Waals surface area contributed by atoms with Crippen LogP contribution in [0, 0.1) is 0 Å². The molecule has 0 aromatic heterocycles. The van der Waals surface area contributed by atoms with E-state index in [0.29, 0.717) is 4.68 Å². The Bertz CT molecular complexity index is 443. The molecule has 0 heterocycles. The number of carbonyl (C=O) groups excluding carboxylic acids is 1. The van der Waals surface area contributed by atoms with Crippen LogP contribution in [0.4, 0.5) is 0 Å². The standard InChI is InChI=1S/C25H42OSe/c1-2-3-4-5-6-7-8-9-10-11-12-13-14-15-19-22-25(26)27-23-24-20-17-16-18-21-24/h16-18,20-21H,2-15,19,22-23H2,1H3. The summed E-state index contributed by atoms with van der Waals surface area (Å²) in [6, 6.07) is 10.4. The molecule has 0 radical (unpaired) electrons. The fraction of sp³-hybridized carbons (Fsp3) is 0.720. The average Bonchev–Trinajstić information content (AvgIpc) is 2.70. The van der Waals surface area contributed by atoms with Crippen LogP contribution in [0.25, 0.3) is 0 Å². The van der Waals surface area contributed by atoms with E-state index in [1.165, 1.54) is 95.5 Å². The van der Waals surface area contributed by atoms with Crippen molar-refractivity contribution in [3.05, 3.63) is 35.9 Å². The van der Waals surface area contributed by atoms with Gasteiger partial charge in [-0.25, -0.2) is 0 Å². The van der Waals surface area contributed by atoms with Crippen LogP contribution in [0.2, 0.25) is 0 Å². The Morgan fingerprint density at radius 2 is 1.11 bits per heavy atom. The predicted molar refractivity (Wildman–Crippen MR) is 120 cm³/mol. The molecule has 0 saturated carbocycles. The van der Waals surface area contributed by atoms with E-state index in [4.69, 9.17) is 0 Å². The maximum absolute atomic E-state index is 12.0. The van der Waals surface area contributed by atoms with E-state index in [1.807, 2.05) is 6.07 Å². The van der Waals surface area contributed by atoms with Gasteiger partial charge in [-0.15, -0.1) is 0 Å². The first-order chi connectivity index (χ1) is 13.3. The Balaban J connectivity index is 1.77. The van der Waals surface area contributed by atoms with Gasteiger partial charge in [0.25, 0.3) is 0 Å². The molecule has 0 atom stereocenters. The van der Waals surface area contributed by atoms with Gasteiger partial charge < -0.3 is 0 Å². The second kappa shape index (κ2) is 18.8. The van der Waals surface area contributed by atoms with E-state index in [9.17, 15) is 4.79 Å². The summed E-state index contributed by atoms with van der Waals surface area (Å²) in [6.45, 7) is 2.29. The van der Waals surface area contributed by atoms with Crippen molar-refractivity contribution in [3.63, 3.8) is 0 Å². The molecule has 0 spiro atoms. The molecule has 0 aliphatic rings. The molecule has 0 N–H and O–H groups in total. The minimum atomic E-state index is 0.136. The van der Waals surface area contributed by atoms with E-state index in [2.05, 4.69) is 31.2 Å². The van der Waals surface area contributed by atoms with Crippen molar-refractivity contribution in [2.75, 3.05) is 0 Å². The third kappa shape index (κ3) is 16.1. The first-order valence-electron chi connectivity index (χ1n) is 11.5. The number of hydrogen-bond donors (Lipinski definition) is 0. The van der Waals surface area contributed by atoms with Gasteiger partial charge in [0.1, 0.15) is 0 Å². The molecule has 0 aliphatic carbocycles. The number of carbonyl (C=O) groups is 1. The summed E-state index contributed by atoms with van der Waals surface area (Å²) in [7, 11) is 0. The van der Waals surface area contributed by atoms with Crippen LogP contribution in [0.5, 0.6) is 0 Å². The summed E-state index contributed by atoms with van der Waals surface area (Å²) in [4.78, 5) is 12.0. The molecule has 0 unspecified atom stereocenters. The summed E-state index contributed by atoms with van der Waals surface area (Å²) in [5.41, 5.74) is 1.31. The first-order valence-corrected chi connectivity index (χ1v) is 13.6. The Kier molecular flexibility index (Phi) is 17.0. The molecule has 1 nitrogen and oxygen atoms in total. The van der Waals surface area contributed by atoms with Crippen LogP contribution in [0.1, 0.15) is 115 Å². The normalized spacial score (nSPS) is 11.0. The zero-order chi connectivity index (χ0) is 19.4. The molecule has 2 heteroatoms. The van der Waals surface area contributed by atoms with Crippen molar-refractivity contribution in [2.24, 2.45) is 0 Å². The summed E-state index contributed by atoms with van der Waals surface area (Å²) in [5.74, 6) is 0. The molecule has 154 valence electrons. The summed E-state index contributed by atoms with van der Waals surface area (Å²) >= 11 is 0.136. The van der Waals surface area contributed by atoms with Crippen LogP contribution < -0.4 is 0 Å². The quantitative estimate of drug-likeness (QED) is 0.160. The minimum absolute atomic E-state index is 0.136. The van der Waals surface area contributed by atoms with Gasteiger partial charge in [-0.05, 0) is 0 Å². The van der Waals surface area contributed by atoms with Crippen LogP contribution in [-0.2, 0) is 10.1 Å². The number of unbranched alkanes of at least 4 members (excludes halogenated alkanes) is 14. The Morgan fingerprint density at radius 1 is 0.667 bits per heavy atom. The van der Waals surface area contributed by atoms with E-state index >= 15 is 0 Å². The van der Waals surface area contributed by atoms with Crippen molar-refractivity contribution in [1.82, 2.24) is 0 Å². The summed E-state index contributed by atoms with van der Waals surface area (Å²) in [6.07, 6.45) is 21.5. The number of hydrogen-bond acceptors (Lipinski definition) is 1. The monoisotopic (exact) mass is 438 g/mol. The van der Waals surface area contributed by atoms with E-state index in [1.54, 1.807) is 0 Å². The van der Waals surface area contributed by atoms with Crippen LogP contribution in [0.15, 0.2) is 30.3 Å². The third-order valence-electron chi connectivity index (χ3n) is 5.23. The van der Waals surface area contributed by atoms with Crippen LogP contribution >= 0.6 is 0 Å². The molecular formula is C25H42OSe. The van der Waals surface area contributed by atoms with E-state index < -0.39 is 0 Å². The molecule has 1 aromatic rings. The molecule has 1 rings (SSSR count). The van der Waals surface area contributed by atoms with Gasteiger partial charge in [0.05, 0.1) is 0 Å². The van der Waals surface area contributed by atoms with E-state index in [0.717, 1.165) is 18.2 Å². The van der Waals surface area contributed by atoms with Gasteiger partial charge in [0.2, 0.25) is 0 Å². The Hall–Kier alpha value is -0.591. The van der Waals surface area contributed by atoms with Crippen molar-refractivity contribution < 1.29 is 4.79 Å². The predicted octanol–water partition coefficient (Wildman–Crippen LogP) is 7.68. The third-order valence-corrected chi connectivity index (χ3v) is 7.33. The molecule has 0 fully saturated rings. The van der Waals surface area contributed by atoms with Gasteiger partial charge in [-0.2, -0.15) is 0 Å². The second-order valence-corrected chi connectivity index (χ2v) is 10.0. The van der Waals surface area contributed by atoms with Crippen LogP contribution in [-0.4, -0.2) is 19.6 Å². The van der Waals surface area contributed by atoms with Gasteiger partial charge in [-0.3, -0.25) is 0 Å². The zero-order valence-electron chi connectivity index (χ0n) is 17.7. The molecule has 0 aliphatic heterocycles. The SMILES string of the molecule is CCCCCCCCCCCCCCCCCC(=O)[Se]Cc1ccccc1. The van der Waals surface area contributed by atoms with Gasteiger partial charge in [0, 0.05) is 0 Å². The van der Waals surface area contributed by atoms with Gasteiger partial charge in [0.15, 0.2) is 0 Å². The molecule has 0 saturated heterocycles. The fourth-order valence-electron chi connectivity index (χ4n) is 3.45. The van der Waals surface area contributed by atoms with Crippen molar-refractivity contribution >= 4 is 19.6 Å². The van der Waals surface area contributed by atoms with E-state index in [-0.39, 0.29) is 15.0 Å². The van der Waals surface area contributed by atoms with Crippen molar-refractivity contribution in [1.29, 1.82) is 0 Å². The topological polar surface area (TPSA) is 17.1 Å². The number of rotatable bonds is 19. The first kappa shape index (κ1) is 24.4. The Labute approximate surface area is 175 Å². The molecular weight excluding hydrogens is 395 g/mol. The summed E-state index contributed by atoms with van der Waals surface area (Å²) in [5, 5.41) is 0.964. The summed E-state index contributed by atoms with van der Waals surface area (Å²) < 4.78 is 0.501. The Morgan fingerprint density at radius 3 is 1.59 bits per heavy atom. The molecule has 27 heavy (non-hydrogen) atoms. The van der Waals surface area contributed by atoms with Crippen molar-refractivity contribution in [3.8, 4) is 0 Å².